The third-order valence-corrected chi connectivity index (χ3v) is 3.83. The molecule has 4 heteroatoms. The van der Waals surface area contributed by atoms with Gasteiger partial charge in [-0.3, -0.25) is 0 Å². The molecule has 25 heavy (non-hydrogen) atoms. The van der Waals surface area contributed by atoms with Crippen molar-refractivity contribution >= 4 is 17.3 Å². The van der Waals surface area contributed by atoms with Gasteiger partial charge in [-0.2, -0.15) is 10.2 Å². The molecule has 0 amide bonds. The molecule has 4 nitrogen and oxygen atoms in total. The summed E-state index contributed by atoms with van der Waals surface area (Å²) in [6.07, 6.45) is 1.15. The Bertz CT molecular complexity index is 790. The number of aryl methyl sites for hydroxylation is 2. The van der Waals surface area contributed by atoms with Gasteiger partial charge >= 0.3 is 5.97 Å². The van der Waals surface area contributed by atoms with E-state index in [4.69, 9.17) is 4.74 Å². The lowest BCUT2D eigenvalue weighted by molar-refractivity contribution is -0.129. The number of hydrogen-bond donors (Lipinski definition) is 0. The predicted molar refractivity (Wildman–Crippen MR) is 101 cm³/mol. The van der Waals surface area contributed by atoms with Crippen molar-refractivity contribution in [2.24, 2.45) is 10.2 Å². The van der Waals surface area contributed by atoms with Gasteiger partial charge in [-0.15, -0.1) is 0 Å². The van der Waals surface area contributed by atoms with Crippen LogP contribution in [0.4, 0.5) is 11.4 Å². The highest BCUT2D eigenvalue weighted by atomic mass is 16.5. The van der Waals surface area contributed by atoms with E-state index < -0.39 is 5.97 Å². The molecule has 2 aromatic rings. The van der Waals surface area contributed by atoms with Gasteiger partial charge in [0.25, 0.3) is 0 Å². The Hall–Kier alpha value is -2.75. The molecule has 0 N–H and O–H groups in total. The Labute approximate surface area is 149 Å². The molecular formula is C21H24N2O2. The SMILES string of the molecule is C=CC(=O)Oc1c(C)cc(N=Nc2ccc(C(C)(C)C)cc2)cc1C. The Balaban J connectivity index is 2.21. The summed E-state index contributed by atoms with van der Waals surface area (Å²) in [4.78, 5) is 11.4. The minimum absolute atomic E-state index is 0.114. The smallest absolute Gasteiger partial charge is 0.335 e. The monoisotopic (exact) mass is 336 g/mol. The molecule has 0 fully saturated rings. The fourth-order valence-corrected chi connectivity index (χ4v) is 2.43. The van der Waals surface area contributed by atoms with Crippen LogP contribution in [-0.2, 0) is 10.2 Å². The number of rotatable bonds is 4. The van der Waals surface area contributed by atoms with Crippen molar-refractivity contribution in [3.05, 3.63) is 65.7 Å². The first-order valence-corrected chi connectivity index (χ1v) is 8.18. The van der Waals surface area contributed by atoms with Crippen molar-refractivity contribution < 1.29 is 9.53 Å². The fraction of sp³-hybridized carbons (Fsp3) is 0.286. The zero-order valence-electron chi connectivity index (χ0n) is 15.5. The van der Waals surface area contributed by atoms with Crippen LogP contribution in [0, 0.1) is 13.8 Å². The average Bonchev–Trinajstić information content (AvgIpc) is 2.55. The molecule has 2 rings (SSSR count). The lowest BCUT2D eigenvalue weighted by Crippen LogP contribution is -2.10. The molecule has 0 heterocycles. The minimum Gasteiger partial charge on any atom is -0.423 e. The van der Waals surface area contributed by atoms with E-state index in [1.165, 1.54) is 5.56 Å². The van der Waals surface area contributed by atoms with E-state index in [9.17, 15) is 4.79 Å². The van der Waals surface area contributed by atoms with Gasteiger partial charge in [0.15, 0.2) is 0 Å². The molecule has 0 aromatic heterocycles. The van der Waals surface area contributed by atoms with Crippen LogP contribution in [0.2, 0.25) is 0 Å². The largest absolute Gasteiger partial charge is 0.423 e. The maximum atomic E-state index is 11.4. The Kier molecular flexibility index (Phi) is 5.52. The van der Waals surface area contributed by atoms with Crippen LogP contribution >= 0.6 is 0 Å². The van der Waals surface area contributed by atoms with Crippen LogP contribution in [0.1, 0.15) is 37.5 Å². The van der Waals surface area contributed by atoms with Crippen molar-refractivity contribution in [1.29, 1.82) is 0 Å². The number of carbonyl (C=O) groups is 1. The van der Waals surface area contributed by atoms with Gasteiger partial charge in [-0.05, 0) is 60.2 Å². The summed E-state index contributed by atoms with van der Waals surface area (Å²) in [6.45, 7) is 13.7. The zero-order valence-corrected chi connectivity index (χ0v) is 15.5. The summed E-state index contributed by atoms with van der Waals surface area (Å²) in [5.74, 6) is 0.0675. The first-order chi connectivity index (χ1) is 11.7. The normalized spacial score (nSPS) is 11.6. The highest BCUT2D eigenvalue weighted by Gasteiger charge is 2.13. The van der Waals surface area contributed by atoms with Crippen molar-refractivity contribution in [2.45, 2.75) is 40.0 Å². The van der Waals surface area contributed by atoms with Crippen LogP contribution in [0.25, 0.3) is 0 Å². The molecular weight excluding hydrogens is 312 g/mol. The molecule has 0 aliphatic carbocycles. The highest BCUT2D eigenvalue weighted by molar-refractivity contribution is 5.84. The number of benzene rings is 2. The topological polar surface area (TPSA) is 51.0 Å². The molecule has 0 aliphatic heterocycles. The predicted octanol–water partition coefficient (Wildman–Crippen LogP) is 6.11. The molecule has 0 saturated carbocycles. The van der Waals surface area contributed by atoms with Gasteiger partial charge in [-0.25, -0.2) is 4.79 Å². The summed E-state index contributed by atoms with van der Waals surface area (Å²) < 4.78 is 5.26. The molecule has 130 valence electrons. The first kappa shape index (κ1) is 18.6. The Morgan fingerprint density at radius 2 is 1.52 bits per heavy atom. The van der Waals surface area contributed by atoms with E-state index in [-0.39, 0.29) is 5.41 Å². The summed E-state index contributed by atoms with van der Waals surface area (Å²) >= 11 is 0. The zero-order chi connectivity index (χ0) is 18.6. The number of carbonyl (C=O) groups excluding carboxylic acids is 1. The van der Waals surface area contributed by atoms with E-state index in [0.29, 0.717) is 11.4 Å². The quantitative estimate of drug-likeness (QED) is 0.293. The van der Waals surface area contributed by atoms with Gasteiger partial charge in [0.2, 0.25) is 0 Å². The van der Waals surface area contributed by atoms with Gasteiger partial charge < -0.3 is 4.74 Å². The first-order valence-electron chi connectivity index (χ1n) is 8.18. The van der Waals surface area contributed by atoms with Crippen LogP contribution in [0.3, 0.4) is 0 Å². The number of ether oxygens (including phenoxy) is 1. The molecule has 0 unspecified atom stereocenters. The summed E-state index contributed by atoms with van der Waals surface area (Å²) in [6, 6.07) is 11.7. The Morgan fingerprint density at radius 3 is 2.00 bits per heavy atom. The molecule has 2 aromatic carbocycles. The lowest BCUT2D eigenvalue weighted by Gasteiger charge is -2.18. The maximum absolute atomic E-state index is 11.4. The second-order valence-corrected chi connectivity index (χ2v) is 7.03. The van der Waals surface area contributed by atoms with Gasteiger partial charge in [0.05, 0.1) is 11.4 Å². The molecule has 0 spiro atoms. The van der Waals surface area contributed by atoms with E-state index >= 15 is 0 Å². The number of nitrogens with zero attached hydrogens (tertiary/aromatic N) is 2. The molecule has 0 radical (unpaired) electrons. The number of azo groups is 1. The van der Waals surface area contributed by atoms with E-state index in [1.54, 1.807) is 0 Å². The molecule has 0 bridgehead atoms. The maximum Gasteiger partial charge on any atom is 0.335 e. The highest BCUT2D eigenvalue weighted by Crippen LogP contribution is 2.30. The van der Waals surface area contributed by atoms with E-state index in [0.717, 1.165) is 22.9 Å². The average molecular weight is 336 g/mol. The minimum atomic E-state index is -0.473. The summed E-state index contributed by atoms with van der Waals surface area (Å²) in [5.41, 5.74) is 4.53. The van der Waals surface area contributed by atoms with Crippen LogP contribution in [-0.4, -0.2) is 5.97 Å². The van der Waals surface area contributed by atoms with Crippen molar-refractivity contribution in [3.8, 4) is 5.75 Å². The molecule has 0 saturated heterocycles. The third-order valence-electron chi connectivity index (χ3n) is 3.83. The molecule has 0 atom stereocenters. The lowest BCUT2D eigenvalue weighted by atomic mass is 9.87. The Morgan fingerprint density at radius 1 is 1.00 bits per heavy atom. The number of hydrogen-bond acceptors (Lipinski definition) is 4. The second-order valence-electron chi connectivity index (χ2n) is 7.03. The second kappa shape index (κ2) is 7.43. The fourth-order valence-electron chi connectivity index (χ4n) is 2.43. The van der Waals surface area contributed by atoms with Crippen LogP contribution in [0.5, 0.6) is 5.75 Å². The summed E-state index contributed by atoms with van der Waals surface area (Å²) in [7, 11) is 0. The standard InChI is InChI=1S/C21H24N2O2/c1-7-19(24)25-20-14(2)12-18(13-15(20)3)23-22-17-10-8-16(9-11-17)21(4,5)6/h7-13H,1H2,2-6H3. The van der Waals surface area contributed by atoms with E-state index in [1.807, 2.05) is 38.1 Å². The molecule has 0 aliphatic rings. The van der Waals surface area contributed by atoms with Crippen molar-refractivity contribution in [2.75, 3.05) is 0 Å². The van der Waals surface area contributed by atoms with Gasteiger partial charge in [0, 0.05) is 6.08 Å². The van der Waals surface area contributed by atoms with Crippen molar-refractivity contribution in [3.63, 3.8) is 0 Å². The van der Waals surface area contributed by atoms with E-state index in [2.05, 4.69) is 49.7 Å². The van der Waals surface area contributed by atoms with Crippen molar-refractivity contribution in [1.82, 2.24) is 0 Å². The number of esters is 1. The van der Waals surface area contributed by atoms with Crippen LogP contribution < -0.4 is 4.74 Å². The van der Waals surface area contributed by atoms with Crippen LogP contribution in [0.15, 0.2) is 59.3 Å². The van der Waals surface area contributed by atoms with Gasteiger partial charge in [0.1, 0.15) is 5.75 Å². The van der Waals surface area contributed by atoms with Gasteiger partial charge in [-0.1, -0.05) is 39.5 Å². The third kappa shape index (κ3) is 4.86. The summed E-state index contributed by atoms with van der Waals surface area (Å²) in [5, 5.41) is 8.58.